The maximum Gasteiger partial charge on any atom is 0.395 e. The van der Waals surface area contributed by atoms with Gasteiger partial charge in [0, 0.05) is 24.4 Å². The lowest BCUT2D eigenvalue weighted by molar-refractivity contribution is -0.146. The number of rotatable bonds is 2. The molecule has 1 aliphatic rings. The number of hydrogen-bond acceptors (Lipinski definition) is 3. The van der Waals surface area contributed by atoms with E-state index in [1.807, 2.05) is 17.6 Å². The number of aryl methyl sites for hydroxylation is 3. The summed E-state index contributed by atoms with van der Waals surface area (Å²) >= 11 is 6.55. The maximum atomic E-state index is 13.0. The number of halogens is 4. The molecule has 0 aliphatic carbocycles. The minimum atomic E-state index is -4.31. The Labute approximate surface area is 159 Å². The molecule has 1 aliphatic heterocycles. The quantitative estimate of drug-likeness (QED) is 0.612. The number of benzene rings is 1. The van der Waals surface area contributed by atoms with Crippen molar-refractivity contribution in [1.82, 2.24) is 19.7 Å². The molecule has 0 saturated carbocycles. The van der Waals surface area contributed by atoms with Gasteiger partial charge in [-0.1, -0.05) is 11.6 Å². The third-order valence-corrected chi connectivity index (χ3v) is 5.25. The SMILES string of the molecule is Cc1nnc2n1-c1c(Cl)cc(-c3cncc([C@@H](C)C(F)(F)F)c3)cc1CC2. The molecule has 8 heteroatoms. The smallest absolute Gasteiger partial charge is 0.281 e. The van der Waals surface area contributed by atoms with E-state index in [4.69, 9.17) is 11.6 Å². The van der Waals surface area contributed by atoms with Crippen molar-refractivity contribution >= 4 is 11.6 Å². The average Bonchev–Trinajstić information content (AvgIpc) is 3.01. The number of pyridine rings is 1. The molecule has 3 aromatic rings. The van der Waals surface area contributed by atoms with Gasteiger partial charge >= 0.3 is 6.18 Å². The molecule has 0 radical (unpaired) electrons. The zero-order valence-corrected chi connectivity index (χ0v) is 15.4. The number of alkyl halides is 3. The highest BCUT2D eigenvalue weighted by Gasteiger charge is 2.37. The molecular formula is C19H16ClF3N4. The van der Waals surface area contributed by atoms with E-state index in [0.29, 0.717) is 10.6 Å². The first-order valence-electron chi connectivity index (χ1n) is 8.51. The Balaban J connectivity index is 1.80. The van der Waals surface area contributed by atoms with Crippen LogP contribution < -0.4 is 0 Å². The third-order valence-electron chi connectivity index (χ3n) is 4.96. The van der Waals surface area contributed by atoms with Gasteiger partial charge < -0.3 is 0 Å². The molecular weight excluding hydrogens is 377 g/mol. The van der Waals surface area contributed by atoms with Crippen molar-refractivity contribution < 1.29 is 13.2 Å². The lowest BCUT2D eigenvalue weighted by Gasteiger charge is -2.21. The van der Waals surface area contributed by atoms with Crippen LogP contribution in [0.1, 0.15) is 35.6 Å². The minimum absolute atomic E-state index is 0.130. The normalized spacial score (nSPS) is 14.6. The van der Waals surface area contributed by atoms with E-state index in [2.05, 4.69) is 15.2 Å². The highest BCUT2D eigenvalue weighted by Crippen LogP contribution is 2.38. The third kappa shape index (κ3) is 3.10. The second-order valence-electron chi connectivity index (χ2n) is 6.73. The lowest BCUT2D eigenvalue weighted by Crippen LogP contribution is -2.17. The Morgan fingerprint density at radius 1 is 1.07 bits per heavy atom. The van der Waals surface area contributed by atoms with Crippen molar-refractivity contribution in [1.29, 1.82) is 0 Å². The van der Waals surface area contributed by atoms with Crippen molar-refractivity contribution in [3.8, 4) is 16.8 Å². The molecule has 3 heterocycles. The Kier molecular flexibility index (Phi) is 4.22. The van der Waals surface area contributed by atoms with E-state index in [-0.39, 0.29) is 5.56 Å². The van der Waals surface area contributed by atoms with Gasteiger partial charge in [-0.3, -0.25) is 9.55 Å². The van der Waals surface area contributed by atoms with E-state index < -0.39 is 12.1 Å². The molecule has 0 bridgehead atoms. The van der Waals surface area contributed by atoms with Gasteiger partial charge in [0.25, 0.3) is 0 Å². The first kappa shape index (κ1) is 18.0. The van der Waals surface area contributed by atoms with Gasteiger partial charge in [0.2, 0.25) is 0 Å². The Morgan fingerprint density at radius 2 is 1.85 bits per heavy atom. The van der Waals surface area contributed by atoms with Gasteiger partial charge in [-0.2, -0.15) is 13.2 Å². The van der Waals surface area contributed by atoms with Crippen LogP contribution in [-0.4, -0.2) is 25.9 Å². The summed E-state index contributed by atoms with van der Waals surface area (Å²) in [4.78, 5) is 4.01. The van der Waals surface area contributed by atoms with Crippen LogP contribution in [0.25, 0.3) is 16.8 Å². The largest absolute Gasteiger partial charge is 0.395 e. The van der Waals surface area contributed by atoms with Crippen molar-refractivity contribution in [2.75, 3.05) is 0 Å². The van der Waals surface area contributed by atoms with Gasteiger partial charge in [0.05, 0.1) is 16.6 Å². The molecule has 140 valence electrons. The van der Waals surface area contributed by atoms with Crippen LogP contribution in [0.5, 0.6) is 0 Å². The average molecular weight is 393 g/mol. The van der Waals surface area contributed by atoms with Crippen molar-refractivity contribution in [3.05, 3.63) is 58.4 Å². The van der Waals surface area contributed by atoms with Crippen molar-refractivity contribution in [2.45, 2.75) is 38.8 Å². The van der Waals surface area contributed by atoms with Crippen LogP contribution in [0.3, 0.4) is 0 Å². The molecule has 0 amide bonds. The summed E-state index contributed by atoms with van der Waals surface area (Å²) < 4.78 is 41.1. The number of fused-ring (bicyclic) bond motifs is 3. The zero-order valence-electron chi connectivity index (χ0n) is 14.7. The molecule has 1 atom stereocenters. The summed E-state index contributed by atoms with van der Waals surface area (Å²) in [6, 6.07) is 5.25. The molecule has 2 aromatic heterocycles. The van der Waals surface area contributed by atoms with Crippen LogP contribution in [0.4, 0.5) is 13.2 Å². The highest BCUT2D eigenvalue weighted by molar-refractivity contribution is 6.33. The van der Waals surface area contributed by atoms with E-state index in [1.165, 1.54) is 12.3 Å². The van der Waals surface area contributed by atoms with Crippen molar-refractivity contribution in [3.63, 3.8) is 0 Å². The number of nitrogens with zero attached hydrogens (tertiary/aromatic N) is 4. The van der Waals surface area contributed by atoms with Gasteiger partial charge in [-0.05, 0) is 55.2 Å². The molecule has 0 N–H and O–H groups in total. The molecule has 0 spiro atoms. The predicted molar refractivity (Wildman–Crippen MR) is 96.2 cm³/mol. The standard InChI is InChI=1S/C19H16ClF3N4/c1-10(19(21,22)23)14-6-15(9-24-8-14)13-5-12-3-4-17-26-25-11(2)27(17)18(12)16(20)7-13/h5-10H,3-4H2,1-2H3/t10-/m1/s1. The summed E-state index contributed by atoms with van der Waals surface area (Å²) in [6.07, 6.45) is -0.0162. The van der Waals surface area contributed by atoms with E-state index in [0.717, 1.165) is 48.2 Å². The first-order valence-corrected chi connectivity index (χ1v) is 8.89. The molecule has 0 saturated heterocycles. The van der Waals surface area contributed by atoms with Gasteiger partial charge in [0.15, 0.2) is 0 Å². The van der Waals surface area contributed by atoms with Gasteiger partial charge in [-0.25, -0.2) is 0 Å². The number of aromatic nitrogens is 4. The molecule has 4 rings (SSSR count). The van der Waals surface area contributed by atoms with Crippen LogP contribution in [0, 0.1) is 6.92 Å². The summed E-state index contributed by atoms with van der Waals surface area (Å²) in [7, 11) is 0. The molecule has 0 unspecified atom stereocenters. The predicted octanol–water partition coefficient (Wildman–Crippen LogP) is 5.06. The molecule has 0 fully saturated rings. The first-order chi connectivity index (χ1) is 12.8. The lowest BCUT2D eigenvalue weighted by atomic mass is 9.95. The maximum absolute atomic E-state index is 13.0. The monoisotopic (exact) mass is 392 g/mol. The van der Waals surface area contributed by atoms with Crippen LogP contribution >= 0.6 is 11.6 Å². The van der Waals surface area contributed by atoms with Gasteiger partial charge in [0.1, 0.15) is 11.6 Å². The summed E-state index contributed by atoms with van der Waals surface area (Å²) in [5.74, 6) is 0.0286. The highest BCUT2D eigenvalue weighted by atomic mass is 35.5. The zero-order chi connectivity index (χ0) is 19.3. The Hall–Kier alpha value is -2.41. The topological polar surface area (TPSA) is 43.6 Å². The second-order valence-corrected chi connectivity index (χ2v) is 7.14. The van der Waals surface area contributed by atoms with Crippen LogP contribution in [0.2, 0.25) is 5.02 Å². The number of hydrogen-bond donors (Lipinski definition) is 0. The fraction of sp³-hybridized carbons (Fsp3) is 0.316. The van der Waals surface area contributed by atoms with Crippen LogP contribution in [-0.2, 0) is 12.8 Å². The summed E-state index contributed by atoms with van der Waals surface area (Å²) in [6.45, 7) is 3.00. The van der Waals surface area contributed by atoms with E-state index >= 15 is 0 Å². The Bertz CT molecular complexity index is 1030. The fourth-order valence-corrected chi connectivity index (χ4v) is 3.73. The van der Waals surface area contributed by atoms with E-state index in [9.17, 15) is 13.2 Å². The molecule has 27 heavy (non-hydrogen) atoms. The minimum Gasteiger partial charge on any atom is -0.281 e. The fourth-order valence-electron chi connectivity index (χ4n) is 3.41. The summed E-state index contributed by atoms with van der Waals surface area (Å²) in [5, 5.41) is 8.79. The van der Waals surface area contributed by atoms with Crippen LogP contribution in [0.15, 0.2) is 30.6 Å². The van der Waals surface area contributed by atoms with Crippen molar-refractivity contribution in [2.24, 2.45) is 0 Å². The Morgan fingerprint density at radius 3 is 2.59 bits per heavy atom. The molecule has 4 nitrogen and oxygen atoms in total. The second kappa shape index (κ2) is 6.34. The molecule has 1 aromatic carbocycles. The van der Waals surface area contributed by atoms with E-state index in [1.54, 1.807) is 12.3 Å². The van der Waals surface area contributed by atoms with Gasteiger partial charge in [-0.15, -0.1) is 10.2 Å². The summed E-state index contributed by atoms with van der Waals surface area (Å²) in [5.41, 5.74) is 3.35.